The summed E-state index contributed by atoms with van der Waals surface area (Å²) in [5.74, 6) is 0.0497. The van der Waals surface area contributed by atoms with Gasteiger partial charge in [0.25, 0.3) is 0 Å². The van der Waals surface area contributed by atoms with Crippen molar-refractivity contribution in [2.75, 3.05) is 26.2 Å². The molecular formula is C23H28N2O3. The topological polar surface area (TPSA) is 58.6 Å². The SMILES string of the molecule is O=C(CCCc1ccccc1)NCC1CN(CCc2ccccc2)C(=O)CO1. The van der Waals surface area contributed by atoms with Gasteiger partial charge in [-0.15, -0.1) is 0 Å². The number of morpholine rings is 1. The lowest BCUT2D eigenvalue weighted by Crippen LogP contribution is -2.51. The van der Waals surface area contributed by atoms with Gasteiger partial charge in [0.15, 0.2) is 0 Å². The van der Waals surface area contributed by atoms with Crippen molar-refractivity contribution in [2.24, 2.45) is 0 Å². The second-order valence-corrected chi connectivity index (χ2v) is 7.15. The van der Waals surface area contributed by atoms with Gasteiger partial charge < -0.3 is 15.0 Å². The largest absolute Gasteiger partial charge is 0.365 e. The maximum Gasteiger partial charge on any atom is 0.248 e. The summed E-state index contributed by atoms with van der Waals surface area (Å²) in [6.45, 7) is 1.73. The number of hydrogen-bond acceptors (Lipinski definition) is 3. The Hall–Kier alpha value is -2.66. The summed E-state index contributed by atoms with van der Waals surface area (Å²) < 4.78 is 5.59. The molecule has 2 amide bonds. The van der Waals surface area contributed by atoms with Crippen LogP contribution in [-0.2, 0) is 27.2 Å². The third kappa shape index (κ3) is 6.50. The Bertz CT molecular complexity index is 749. The van der Waals surface area contributed by atoms with Gasteiger partial charge in [0.2, 0.25) is 11.8 Å². The maximum atomic E-state index is 12.1. The molecular weight excluding hydrogens is 352 g/mol. The van der Waals surface area contributed by atoms with Crippen LogP contribution in [0.15, 0.2) is 60.7 Å². The Labute approximate surface area is 166 Å². The second-order valence-electron chi connectivity index (χ2n) is 7.15. The molecule has 1 atom stereocenters. The average Bonchev–Trinajstić information content (AvgIpc) is 2.74. The first-order valence-corrected chi connectivity index (χ1v) is 9.94. The standard InChI is InChI=1S/C23H28N2O3/c26-22(13-7-12-19-8-3-1-4-9-19)24-16-21-17-25(23(27)18-28-21)15-14-20-10-5-2-6-11-20/h1-6,8-11,21H,7,12-18H2,(H,24,26). The first-order valence-electron chi connectivity index (χ1n) is 9.94. The molecule has 0 aliphatic carbocycles. The third-order valence-corrected chi connectivity index (χ3v) is 4.97. The van der Waals surface area contributed by atoms with E-state index >= 15 is 0 Å². The first kappa shape index (κ1) is 20.1. The van der Waals surface area contributed by atoms with Crippen LogP contribution in [0.1, 0.15) is 24.0 Å². The molecule has 0 spiro atoms. The quantitative estimate of drug-likeness (QED) is 0.727. The van der Waals surface area contributed by atoms with Crippen molar-refractivity contribution >= 4 is 11.8 Å². The van der Waals surface area contributed by atoms with Crippen LogP contribution >= 0.6 is 0 Å². The van der Waals surface area contributed by atoms with Crippen molar-refractivity contribution in [1.29, 1.82) is 0 Å². The molecule has 1 saturated heterocycles. The number of nitrogens with zero attached hydrogens (tertiary/aromatic N) is 1. The van der Waals surface area contributed by atoms with Gasteiger partial charge in [-0.1, -0.05) is 60.7 Å². The van der Waals surface area contributed by atoms with Gasteiger partial charge in [-0.2, -0.15) is 0 Å². The van der Waals surface area contributed by atoms with Crippen molar-refractivity contribution < 1.29 is 14.3 Å². The molecule has 1 fully saturated rings. The molecule has 1 heterocycles. The van der Waals surface area contributed by atoms with E-state index in [0.717, 1.165) is 19.3 Å². The summed E-state index contributed by atoms with van der Waals surface area (Å²) in [6.07, 6.45) is 2.90. The fourth-order valence-corrected chi connectivity index (χ4v) is 3.34. The summed E-state index contributed by atoms with van der Waals surface area (Å²) in [5.41, 5.74) is 2.46. The number of benzene rings is 2. The van der Waals surface area contributed by atoms with E-state index in [1.54, 1.807) is 0 Å². The van der Waals surface area contributed by atoms with Crippen molar-refractivity contribution in [1.82, 2.24) is 10.2 Å². The van der Waals surface area contributed by atoms with E-state index in [1.807, 2.05) is 41.3 Å². The highest BCUT2D eigenvalue weighted by atomic mass is 16.5. The zero-order chi connectivity index (χ0) is 19.6. The van der Waals surface area contributed by atoms with Gasteiger partial charge in [-0.25, -0.2) is 0 Å². The van der Waals surface area contributed by atoms with Gasteiger partial charge >= 0.3 is 0 Å². The molecule has 148 valence electrons. The molecule has 3 rings (SSSR count). The normalized spacial score (nSPS) is 16.8. The lowest BCUT2D eigenvalue weighted by Gasteiger charge is -2.33. The van der Waals surface area contributed by atoms with Crippen LogP contribution in [0.3, 0.4) is 0 Å². The Morgan fingerprint density at radius 2 is 1.64 bits per heavy atom. The minimum Gasteiger partial charge on any atom is -0.365 e. The Balaban J connectivity index is 1.35. The van der Waals surface area contributed by atoms with Gasteiger partial charge in [0, 0.05) is 26.1 Å². The van der Waals surface area contributed by atoms with Gasteiger partial charge in [-0.05, 0) is 30.4 Å². The first-order chi connectivity index (χ1) is 13.7. The summed E-state index contributed by atoms with van der Waals surface area (Å²) in [5, 5.41) is 2.95. The van der Waals surface area contributed by atoms with E-state index in [4.69, 9.17) is 4.74 Å². The Morgan fingerprint density at radius 3 is 2.32 bits per heavy atom. The molecule has 0 aromatic heterocycles. The molecule has 28 heavy (non-hydrogen) atoms. The second kappa shape index (κ2) is 10.6. The molecule has 1 unspecified atom stereocenters. The highest BCUT2D eigenvalue weighted by Gasteiger charge is 2.26. The lowest BCUT2D eigenvalue weighted by atomic mass is 10.1. The predicted octanol–water partition coefficient (Wildman–Crippen LogP) is 2.60. The van der Waals surface area contributed by atoms with E-state index in [0.29, 0.717) is 26.1 Å². The number of rotatable bonds is 9. The number of carbonyl (C=O) groups is 2. The molecule has 1 aliphatic heterocycles. The molecule has 5 nitrogen and oxygen atoms in total. The molecule has 2 aromatic rings. The van der Waals surface area contributed by atoms with Crippen LogP contribution in [0.5, 0.6) is 0 Å². The number of carbonyl (C=O) groups excluding carboxylic acids is 2. The zero-order valence-corrected chi connectivity index (χ0v) is 16.2. The van der Waals surface area contributed by atoms with E-state index in [1.165, 1.54) is 11.1 Å². The van der Waals surface area contributed by atoms with Crippen LogP contribution in [-0.4, -0.2) is 49.1 Å². The van der Waals surface area contributed by atoms with Crippen LogP contribution in [0.4, 0.5) is 0 Å². The van der Waals surface area contributed by atoms with Crippen molar-refractivity contribution in [2.45, 2.75) is 31.8 Å². The fourth-order valence-electron chi connectivity index (χ4n) is 3.34. The van der Waals surface area contributed by atoms with Crippen molar-refractivity contribution in [3.63, 3.8) is 0 Å². The lowest BCUT2D eigenvalue weighted by molar-refractivity contribution is -0.148. The number of hydrogen-bond donors (Lipinski definition) is 1. The third-order valence-electron chi connectivity index (χ3n) is 4.97. The molecule has 5 heteroatoms. The summed E-state index contributed by atoms with van der Waals surface area (Å²) >= 11 is 0. The molecule has 1 N–H and O–H groups in total. The van der Waals surface area contributed by atoms with Crippen LogP contribution < -0.4 is 5.32 Å². The van der Waals surface area contributed by atoms with E-state index in [2.05, 4.69) is 29.6 Å². The average molecular weight is 380 g/mol. The minimum absolute atomic E-state index is 0.0152. The molecule has 0 saturated carbocycles. The van der Waals surface area contributed by atoms with Crippen molar-refractivity contribution in [3.8, 4) is 0 Å². The van der Waals surface area contributed by atoms with Gasteiger partial charge in [0.05, 0.1) is 6.10 Å². The zero-order valence-electron chi connectivity index (χ0n) is 16.2. The van der Waals surface area contributed by atoms with Crippen LogP contribution in [0.2, 0.25) is 0 Å². The fraction of sp³-hybridized carbons (Fsp3) is 0.391. The summed E-state index contributed by atoms with van der Waals surface area (Å²) in [6, 6.07) is 20.3. The predicted molar refractivity (Wildman–Crippen MR) is 109 cm³/mol. The molecule has 1 aliphatic rings. The van der Waals surface area contributed by atoms with E-state index in [-0.39, 0.29) is 24.5 Å². The Morgan fingerprint density at radius 1 is 1.00 bits per heavy atom. The Kier molecular flexibility index (Phi) is 7.62. The highest BCUT2D eigenvalue weighted by Crippen LogP contribution is 2.09. The maximum absolute atomic E-state index is 12.1. The number of ether oxygens (including phenoxy) is 1. The molecule has 0 bridgehead atoms. The van der Waals surface area contributed by atoms with Gasteiger partial charge in [0.1, 0.15) is 6.61 Å². The number of aryl methyl sites for hydroxylation is 1. The number of nitrogens with one attached hydrogen (secondary N) is 1. The molecule has 0 radical (unpaired) electrons. The van der Waals surface area contributed by atoms with Crippen LogP contribution in [0.25, 0.3) is 0 Å². The van der Waals surface area contributed by atoms with Crippen molar-refractivity contribution in [3.05, 3.63) is 71.8 Å². The summed E-state index contributed by atoms with van der Waals surface area (Å²) in [7, 11) is 0. The highest BCUT2D eigenvalue weighted by molar-refractivity contribution is 5.78. The monoisotopic (exact) mass is 380 g/mol. The molecule has 2 aromatic carbocycles. The van der Waals surface area contributed by atoms with E-state index in [9.17, 15) is 9.59 Å². The van der Waals surface area contributed by atoms with Gasteiger partial charge in [-0.3, -0.25) is 9.59 Å². The minimum atomic E-state index is -0.147. The van der Waals surface area contributed by atoms with E-state index < -0.39 is 0 Å². The number of amides is 2. The smallest absolute Gasteiger partial charge is 0.248 e. The van der Waals surface area contributed by atoms with Crippen LogP contribution in [0, 0.1) is 0 Å². The summed E-state index contributed by atoms with van der Waals surface area (Å²) in [4.78, 5) is 26.0.